The van der Waals surface area contributed by atoms with Crippen molar-refractivity contribution < 1.29 is 9.18 Å². The number of nitrogens with two attached hydrogens (primary N) is 1. The first-order chi connectivity index (χ1) is 10.1. The zero-order chi connectivity index (χ0) is 15.0. The zero-order valence-corrected chi connectivity index (χ0v) is 11.9. The monoisotopic (exact) mass is 302 g/mol. The molecule has 7 heteroatoms. The highest BCUT2D eigenvalue weighted by molar-refractivity contribution is 7.21. The first kappa shape index (κ1) is 13.4. The quantitative estimate of drug-likeness (QED) is 0.762. The molecule has 3 N–H and O–H groups in total. The number of benzene rings is 1. The van der Waals surface area contributed by atoms with Crippen molar-refractivity contribution in [1.82, 2.24) is 10.2 Å². The molecule has 0 aliphatic rings. The molecule has 2 heterocycles. The zero-order valence-electron chi connectivity index (χ0n) is 11.1. The maximum atomic E-state index is 13.8. The summed E-state index contributed by atoms with van der Waals surface area (Å²) in [6.45, 7) is 1.78. The molecule has 1 amide bonds. The number of anilines is 2. The number of nitrogen functional groups attached to an aromatic ring is 1. The summed E-state index contributed by atoms with van der Waals surface area (Å²) in [5.41, 5.74) is 7.17. The summed E-state index contributed by atoms with van der Waals surface area (Å²) in [4.78, 5) is 13.1. The van der Waals surface area contributed by atoms with Crippen molar-refractivity contribution in [3.05, 3.63) is 46.7 Å². The highest BCUT2D eigenvalue weighted by Gasteiger charge is 2.18. The molecule has 0 saturated carbocycles. The molecule has 1 aromatic carbocycles. The number of nitrogens with zero attached hydrogens (tertiary/aromatic N) is 2. The normalized spacial score (nSPS) is 10.8. The molecule has 0 saturated heterocycles. The molecule has 3 rings (SSSR count). The molecular weight excluding hydrogens is 291 g/mol. The summed E-state index contributed by atoms with van der Waals surface area (Å²) < 4.78 is 13.8. The fraction of sp³-hybridized carbons (Fsp3) is 0.0714. The van der Waals surface area contributed by atoms with Gasteiger partial charge >= 0.3 is 0 Å². The standard InChI is InChI=1S/C14H11FN4OS/c1-7-2-3-10(9(15)6-7)18-13(20)12-11(16)8-4-5-17-19-14(8)21-12/h2-6H,16H2,1H3,(H,18,20). The van der Waals surface area contributed by atoms with Crippen LogP contribution < -0.4 is 11.1 Å². The lowest BCUT2D eigenvalue weighted by atomic mass is 10.2. The number of nitrogens with one attached hydrogen (secondary N) is 1. The van der Waals surface area contributed by atoms with Gasteiger partial charge in [-0.15, -0.1) is 16.4 Å². The molecule has 0 atom stereocenters. The number of hydrogen-bond acceptors (Lipinski definition) is 5. The number of amides is 1. The molecule has 0 aliphatic carbocycles. The molecule has 0 fully saturated rings. The van der Waals surface area contributed by atoms with E-state index in [1.165, 1.54) is 18.3 Å². The SMILES string of the molecule is Cc1ccc(NC(=O)c2sc3nnccc3c2N)c(F)c1. The van der Waals surface area contributed by atoms with E-state index in [0.717, 1.165) is 16.9 Å². The van der Waals surface area contributed by atoms with Crippen LogP contribution in [0.5, 0.6) is 0 Å². The van der Waals surface area contributed by atoms with Crippen molar-refractivity contribution in [2.24, 2.45) is 0 Å². The van der Waals surface area contributed by atoms with Gasteiger partial charge in [-0.2, -0.15) is 5.10 Å². The van der Waals surface area contributed by atoms with Crippen LogP contribution in [0.15, 0.2) is 30.5 Å². The van der Waals surface area contributed by atoms with Crippen molar-refractivity contribution >= 4 is 38.8 Å². The summed E-state index contributed by atoms with van der Waals surface area (Å²) in [6.07, 6.45) is 1.51. The molecular formula is C14H11FN4OS. The minimum Gasteiger partial charge on any atom is -0.397 e. The van der Waals surface area contributed by atoms with Gasteiger partial charge in [0.2, 0.25) is 0 Å². The first-order valence-electron chi connectivity index (χ1n) is 6.13. The highest BCUT2D eigenvalue weighted by atomic mass is 32.1. The molecule has 21 heavy (non-hydrogen) atoms. The van der Waals surface area contributed by atoms with Gasteiger partial charge in [0, 0.05) is 5.39 Å². The van der Waals surface area contributed by atoms with Crippen molar-refractivity contribution in [1.29, 1.82) is 0 Å². The lowest BCUT2D eigenvalue weighted by Gasteiger charge is -2.06. The fourth-order valence-corrected chi connectivity index (χ4v) is 2.88. The molecule has 0 radical (unpaired) electrons. The van der Waals surface area contributed by atoms with E-state index < -0.39 is 11.7 Å². The van der Waals surface area contributed by atoms with Gasteiger partial charge in [-0.25, -0.2) is 4.39 Å². The van der Waals surface area contributed by atoms with Gasteiger partial charge in [-0.3, -0.25) is 4.79 Å². The average molecular weight is 302 g/mol. The number of aromatic nitrogens is 2. The number of aryl methyl sites for hydroxylation is 1. The van der Waals surface area contributed by atoms with Crippen LogP contribution in [0.2, 0.25) is 0 Å². The van der Waals surface area contributed by atoms with Crippen LogP contribution >= 0.6 is 11.3 Å². The summed E-state index contributed by atoms with van der Waals surface area (Å²) in [7, 11) is 0. The van der Waals surface area contributed by atoms with Gasteiger partial charge in [0.05, 0.1) is 17.6 Å². The number of hydrogen-bond donors (Lipinski definition) is 2. The Kier molecular flexibility index (Phi) is 3.26. The van der Waals surface area contributed by atoms with E-state index in [0.29, 0.717) is 20.8 Å². The Morgan fingerprint density at radius 1 is 1.38 bits per heavy atom. The van der Waals surface area contributed by atoms with Crippen LogP contribution in [0, 0.1) is 12.7 Å². The van der Waals surface area contributed by atoms with Crippen molar-refractivity contribution in [2.75, 3.05) is 11.1 Å². The fourth-order valence-electron chi connectivity index (χ4n) is 1.94. The number of carbonyl (C=O) groups is 1. The second-order valence-electron chi connectivity index (χ2n) is 4.53. The molecule has 0 unspecified atom stereocenters. The largest absolute Gasteiger partial charge is 0.397 e. The Morgan fingerprint density at radius 3 is 2.90 bits per heavy atom. The van der Waals surface area contributed by atoms with E-state index in [-0.39, 0.29) is 5.69 Å². The lowest BCUT2D eigenvalue weighted by molar-refractivity contribution is 0.103. The Hall–Kier alpha value is -2.54. The van der Waals surface area contributed by atoms with Crippen molar-refractivity contribution in [3.63, 3.8) is 0 Å². The number of thiophene rings is 1. The van der Waals surface area contributed by atoms with Gasteiger partial charge in [0.15, 0.2) is 0 Å². The van der Waals surface area contributed by atoms with Crippen LogP contribution in [0.4, 0.5) is 15.8 Å². The predicted molar refractivity (Wildman–Crippen MR) is 80.9 cm³/mol. The van der Waals surface area contributed by atoms with Crippen LogP contribution in [0.3, 0.4) is 0 Å². The number of fused-ring (bicyclic) bond motifs is 1. The summed E-state index contributed by atoms with van der Waals surface area (Å²) in [5, 5.41) is 10.9. The van der Waals surface area contributed by atoms with E-state index in [2.05, 4.69) is 15.5 Å². The second-order valence-corrected chi connectivity index (χ2v) is 5.53. The van der Waals surface area contributed by atoms with Crippen molar-refractivity contribution in [2.45, 2.75) is 6.92 Å². The third-order valence-corrected chi connectivity index (χ3v) is 4.10. The maximum Gasteiger partial charge on any atom is 0.268 e. The number of rotatable bonds is 2. The highest BCUT2D eigenvalue weighted by Crippen LogP contribution is 2.32. The number of carbonyl (C=O) groups excluding carboxylic acids is 1. The van der Waals surface area contributed by atoms with Gasteiger partial charge in [-0.05, 0) is 30.7 Å². The Bertz CT molecular complexity index is 846. The molecule has 2 aromatic heterocycles. The van der Waals surface area contributed by atoms with Crippen LogP contribution in [-0.2, 0) is 0 Å². The Labute approximate surface area is 123 Å². The van der Waals surface area contributed by atoms with Crippen LogP contribution in [0.25, 0.3) is 10.2 Å². The molecule has 0 bridgehead atoms. The third-order valence-electron chi connectivity index (χ3n) is 3.00. The molecule has 3 aromatic rings. The first-order valence-corrected chi connectivity index (χ1v) is 6.95. The summed E-state index contributed by atoms with van der Waals surface area (Å²) in [6, 6.07) is 6.29. The average Bonchev–Trinajstić information content (AvgIpc) is 2.80. The molecule has 0 spiro atoms. The van der Waals surface area contributed by atoms with E-state index in [1.807, 2.05) is 0 Å². The molecule has 0 aliphatic heterocycles. The van der Waals surface area contributed by atoms with E-state index >= 15 is 0 Å². The van der Waals surface area contributed by atoms with Gasteiger partial charge in [0.25, 0.3) is 5.91 Å². The minimum atomic E-state index is -0.483. The van der Waals surface area contributed by atoms with Gasteiger partial charge in [-0.1, -0.05) is 6.07 Å². The predicted octanol–water partition coefficient (Wildman–Crippen LogP) is 2.97. The van der Waals surface area contributed by atoms with E-state index in [1.54, 1.807) is 19.1 Å². The molecule has 106 valence electrons. The van der Waals surface area contributed by atoms with Gasteiger partial charge in [0.1, 0.15) is 15.5 Å². The summed E-state index contributed by atoms with van der Waals surface area (Å²) >= 11 is 1.13. The molecule has 5 nitrogen and oxygen atoms in total. The van der Waals surface area contributed by atoms with Crippen LogP contribution in [-0.4, -0.2) is 16.1 Å². The van der Waals surface area contributed by atoms with E-state index in [9.17, 15) is 9.18 Å². The lowest BCUT2D eigenvalue weighted by Crippen LogP contribution is -2.13. The minimum absolute atomic E-state index is 0.119. The number of halogens is 1. The van der Waals surface area contributed by atoms with Crippen molar-refractivity contribution in [3.8, 4) is 0 Å². The smallest absolute Gasteiger partial charge is 0.268 e. The topological polar surface area (TPSA) is 80.9 Å². The maximum absolute atomic E-state index is 13.8. The van der Waals surface area contributed by atoms with E-state index in [4.69, 9.17) is 5.73 Å². The Balaban J connectivity index is 1.95. The third kappa shape index (κ3) is 2.43. The van der Waals surface area contributed by atoms with Gasteiger partial charge < -0.3 is 11.1 Å². The summed E-state index contributed by atoms with van der Waals surface area (Å²) in [5.74, 6) is -0.943. The van der Waals surface area contributed by atoms with Crippen LogP contribution in [0.1, 0.15) is 15.2 Å². The second kappa shape index (κ2) is 5.10. The Morgan fingerprint density at radius 2 is 2.19 bits per heavy atom.